The maximum absolute atomic E-state index is 11.0. The standard InChI is InChI=1S/C23H48O3S/c1-3-4-5-6-7-8-9-10-11-12-13-14-15-16-17-18-19-22(24)23(25)20-21-27(2)26/h22-25H,3-21H2,1-2H3. The van der Waals surface area contributed by atoms with E-state index in [1.54, 1.807) is 6.26 Å². The summed E-state index contributed by atoms with van der Waals surface area (Å²) >= 11 is 0. The Morgan fingerprint density at radius 1 is 0.593 bits per heavy atom. The van der Waals surface area contributed by atoms with Gasteiger partial charge in [-0.3, -0.25) is 4.21 Å². The van der Waals surface area contributed by atoms with E-state index in [1.165, 1.54) is 89.9 Å². The minimum absolute atomic E-state index is 0.434. The molecule has 0 radical (unpaired) electrons. The second-order valence-electron chi connectivity index (χ2n) is 8.29. The highest BCUT2D eigenvalue weighted by molar-refractivity contribution is 7.84. The van der Waals surface area contributed by atoms with Crippen molar-refractivity contribution in [1.29, 1.82) is 0 Å². The zero-order valence-electron chi connectivity index (χ0n) is 18.3. The third-order valence-corrected chi connectivity index (χ3v) is 6.31. The Bertz CT molecular complexity index is 323. The van der Waals surface area contributed by atoms with Crippen molar-refractivity contribution in [3.05, 3.63) is 0 Å². The van der Waals surface area contributed by atoms with E-state index >= 15 is 0 Å². The van der Waals surface area contributed by atoms with Crippen LogP contribution in [0, 0.1) is 0 Å². The zero-order valence-corrected chi connectivity index (χ0v) is 19.1. The van der Waals surface area contributed by atoms with Crippen LogP contribution in [0.5, 0.6) is 0 Å². The molecule has 4 heteroatoms. The van der Waals surface area contributed by atoms with Crippen molar-refractivity contribution in [2.75, 3.05) is 12.0 Å². The normalized spacial score (nSPS) is 15.0. The van der Waals surface area contributed by atoms with Gasteiger partial charge in [0.05, 0.1) is 12.2 Å². The SMILES string of the molecule is CCCCCCCCCCCCCCCCCCC(O)C(O)CCS(C)=O. The van der Waals surface area contributed by atoms with Gasteiger partial charge in [0.15, 0.2) is 0 Å². The monoisotopic (exact) mass is 404 g/mol. The average molecular weight is 405 g/mol. The van der Waals surface area contributed by atoms with Crippen LogP contribution in [-0.4, -0.2) is 38.6 Å². The Hall–Kier alpha value is 0.0700. The summed E-state index contributed by atoms with van der Waals surface area (Å²) in [4.78, 5) is 0. The van der Waals surface area contributed by atoms with Crippen LogP contribution in [0.25, 0.3) is 0 Å². The van der Waals surface area contributed by atoms with Crippen molar-refractivity contribution in [3.63, 3.8) is 0 Å². The van der Waals surface area contributed by atoms with E-state index in [4.69, 9.17) is 0 Å². The summed E-state index contributed by atoms with van der Waals surface area (Å²) in [6, 6.07) is 0. The van der Waals surface area contributed by atoms with Crippen molar-refractivity contribution in [1.82, 2.24) is 0 Å². The Labute approximate surface area is 172 Å². The molecule has 0 fully saturated rings. The smallest absolute Gasteiger partial charge is 0.0807 e. The largest absolute Gasteiger partial charge is 0.390 e. The Morgan fingerprint density at radius 3 is 1.30 bits per heavy atom. The van der Waals surface area contributed by atoms with Crippen LogP contribution in [0.3, 0.4) is 0 Å². The Morgan fingerprint density at radius 2 is 0.926 bits per heavy atom. The first-order chi connectivity index (χ1) is 13.1. The molecule has 3 nitrogen and oxygen atoms in total. The minimum Gasteiger partial charge on any atom is -0.390 e. The molecular weight excluding hydrogens is 356 g/mol. The van der Waals surface area contributed by atoms with E-state index in [0.717, 1.165) is 12.8 Å². The summed E-state index contributed by atoms with van der Waals surface area (Å²) < 4.78 is 11.0. The van der Waals surface area contributed by atoms with Gasteiger partial charge >= 0.3 is 0 Å². The summed E-state index contributed by atoms with van der Waals surface area (Å²) in [5.41, 5.74) is 0. The highest BCUT2D eigenvalue weighted by Crippen LogP contribution is 2.15. The molecule has 0 aromatic heterocycles. The lowest BCUT2D eigenvalue weighted by molar-refractivity contribution is 0.0119. The van der Waals surface area contributed by atoms with Gasteiger partial charge in [0, 0.05) is 22.8 Å². The van der Waals surface area contributed by atoms with Crippen molar-refractivity contribution < 1.29 is 14.4 Å². The lowest BCUT2D eigenvalue weighted by Gasteiger charge is -2.17. The topological polar surface area (TPSA) is 57.5 Å². The summed E-state index contributed by atoms with van der Waals surface area (Å²) in [6.45, 7) is 2.27. The summed E-state index contributed by atoms with van der Waals surface area (Å²) in [5.74, 6) is 0.469. The van der Waals surface area contributed by atoms with E-state index in [0.29, 0.717) is 18.6 Å². The third-order valence-electron chi connectivity index (χ3n) is 5.50. The van der Waals surface area contributed by atoms with Gasteiger partial charge in [-0.05, 0) is 12.8 Å². The molecule has 0 aliphatic rings. The molecule has 2 N–H and O–H groups in total. The fourth-order valence-electron chi connectivity index (χ4n) is 3.57. The quantitative estimate of drug-likeness (QED) is 0.226. The second kappa shape index (κ2) is 20.8. The van der Waals surface area contributed by atoms with Crippen LogP contribution >= 0.6 is 0 Å². The molecule has 3 atom stereocenters. The van der Waals surface area contributed by atoms with Gasteiger partial charge in [-0.25, -0.2) is 0 Å². The predicted octanol–water partition coefficient (Wildman–Crippen LogP) is 6.13. The minimum atomic E-state index is -0.892. The van der Waals surface area contributed by atoms with Crippen molar-refractivity contribution >= 4 is 10.8 Å². The number of rotatable bonds is 21. The number of aliphatic hydroxyl groups excluding tert-OH is 2. The molecule has 0 saturated heterocycles. The van der Waals surface area contributed by atoms with E-state index in [1.807, 2.05) is 0 Å². The summed E-state index contributed by atoms with van der Waals surface area (Å²) in [7, 11) is -0.892. The fraction of sp³-hybridized carbons (Fsp3) is 1.00. The van der Waals surface area contributed by atoms with Gasteiger partial charge < -0.3 is 10.2 Å². The average Bonchev–Trinajstić information content (AvgIpc) is 2.65. The number of hydrogen-bond acceptors (Lipinski definition) is 3. The molecule has 0 amide bonds. The lowest BCUT2D eigenvalue weighted by Crippen LogP contribution is -2.27. The molecule has 0 heterocycles. The molecule has 0 aliphatic carbocycles. The van der Waals surface area contributed by atoms with Crippen LogP contribution in [0.15, 0.2) is 0 Å². The molecule has 0 aliphatic heterocycles. The van der Waals surface area contributed by atoms with Gasteiger partial charge in [-0.2, -0.15) is 0 Å². The van der Waals surface area contributed by atoms with E-state index in [2.05, 4.69) is 6.92 Å². The predicted molar refractivity (Wildman–Crippen MR) is 120 cm³/mol. The first-order valence-electron chi connectivity index (χ1n) is 11.7. The first kappa shape index (κ1) is 27.1. The molecule has 27 heavy (non-hydrogen) atoms. The summed E-state index contributed by atoms with van der Waals surface area (Å²) in [5, 5.41) is 19.7. The number of aliphatic hydroxyl groups is 2. The van der Waals surface area contributed by atoms with Gasteiger partial charge in [-0.15, -0.1) is 0 Å². The molecule has 0 saturated carbocycles. The van der Waals surface area contributed by atoms with E-state index in [-0.39, 0.29) is 0 Å². The van der Waals surface area contributed by atoms with E-state index < -0.39 is 23.0 Å². The third kappa shape index (κ3) is 20.6. The van der Waals surface area contributed by atoms with Crippen LogP contribution in [-0.2, 0) is 10.8 Å². The van der Waals surface area contributed by atoms with Crippen LogP contribution in [0.2, 0.25) is 0 Å². The summed E-state index contributed by atoms with van der Waals surface area (Å²) in [6.07, 6.45) is 22.8. The fourth-order valence-corrected chi connectivity index (χ4v) is 4.15. The van der Waals surface area contributed by atoms with Crippen LogP contribution in [0.4, 0.5) is 0 Å². The van der Waals surface area contributed by atoms with Gasteiger partial charge in [-0.1, -0.05) is 110 Å². The Kier molecular flexibility index (Phi) is 20.8. The molecule has 0 bridgehead atoms. The lowest BCUT2D eigenvalue weighted by atomic mass is 10.0. The van der Waals surface area contributed by atoms with Crippen molar-refractivity contribution in [2.24, 2.45) is 0 Å². The van der Waals surface area contributed by atoms with Gasteiger partial charge in [0.1, 0.15) is 0 Å². The molecule has 0 spiro atoms. The first-order valence-corrected chi connectivity index (χ1v) is 13.5. The molecule has 0 rings (SSSR count). The maximum atomic E-state index is 11.0. The molecule has 164 valence electrons. The highest BCUT2D eigenvalue weighted by atomic mass is 32.2. The van der Waals surface area contributed by atoms with Crippen LogP contribution in [0.1, 0.15) is 122 Å². The second-order valence-corrected chi connectivity index (χ2v) is 9.85. The molecule has 3 unspecified atom stereocenters. The van der Waals surface area contributed by atoms with E-state index in [9.17, 15) is 14.4 Å². The number of unbranched alkanes of at least 4 members (excludes halogenated alkanes) is 15. The maximum Gasteiger partial charge on any atom is 0.0807 e. The molecule has 0 aromatic carbocycles. The zero-order chi connectivity index (χ0) is 20.2. The van der Waals surface area contributed by atoms with Crippen molar-refractivity contribution in [2.45, 2.75) is 135 Å². The van der Waals surface area contributed by atoms with Gasteiger partial charge in [0.2, 0.25) is 0 Å². The van der Waals surface area contributed by atoms with Crippen molar-refractivity contribution in [3.8, 4) is 0 Å². The highest BCUT2D eigenvalue weighted by Gasteiger charge is 2.15. The molecule has 0 aromatic rings. The number of hydrogen-bond donors (Lipinski definition) is 2. The molecular formula is C23H48O3S. The van der Waals surface area contributed by atoms with Gasteiger partial charge in [0.25, 0.3) is 0 Å². The Balaban J connectivity index is 3.21. The van der Waals surface area contributed by atoms with Crippen LogP contribution < -0.4 is 0 Å².